The Hall–Kier alpha value is -2.43. The molecule has 0 aliphatic carbocycles. The summed E-state index contributed by atoms with van der Waals surface area (Å²) in [5.41, 5.74) is 2.50. The molecule has 1 saturated heterocycles. The monoisotopic (exact) mass is 327 g/mol. The number of halogens is 1. The molecule has 1 N–H and O–H groups in total. The van der Waals surface area contributed by atoms with Gasteiger partial charge in [-0.15, -0.1) is 0 Å². The van der Waals surface area contributed by atoms with Gasteiger partial charge in [0.15, 0.2) is 0 Å². The Kier molecular flexibility index (Phi) is 5.41. The van der Waals surface area contributed by atoms with E-state index in [0.717, 1.165) is 24.3 Å². The minimum absolute atomic E-state index is 0.178. The van der Waals surface area contributed by atoms with Crippen LogP contribution in [-0.4, -0.2) is 30.5 Å². The van der Waals surface area contributed by atoms with Crippen molar-refractivity contribution in [3.05, 3.63) is 59.7 Å². The maximum absolute atomic E-state index is 12.8. The van der Waals surface area contributed by atoms with E-state index in [1.165, 1.54) is 31.4 Å². The lowest BCUT2D eigenvalue weighted by Gasteiger charge is -2.28. The molecule has 5 heteroatoms. The Morgan fingerprint density at radius 2 is 1.83 bits per heavy atom. The van der Waals surface area contributed by atoms with Crippen molar-refractivity contribution < 1.29 is 9.18 Å². The highest BCUT2D eigenvalue weighted by atomic mass is 19.1. The third-order valence-electron chi connectivity index (χ3n) is 4.31. The SMILES string of the molecule is O=C(NCCc1ccc(F)cc1)c1ccc(N2CCCCC2)cn1. The summed E-state index contributed by atoms with van der Waals surface area (Å²) in [5, 5.41) is 2.85. The van der Waals surface area contributed by atoms with Crippen molar-refractivity contribution in [1.29, 1.82) is 0 Å². The zero-order valence-electron chi connectivity index (χ0n) is 13.7. The molecule has 1 amide bonds. The fraction of sp³-hybridized carbons (Fsp3) is 0.368. The molecule has 0 unspecified atom stereocenters. The van der Waals surface area contributed by atoms with E-state index < -0.39 is 0 Å². The molecule has 126 valence electrons. The van der Waals surface area contributed by atoms with Gasteiger partial charge in [-0.25, -0.2) is 9.37 Å². The van der Waals surface area contributed by atoms with Crippen molar-refractivity contribution in [3.63, 3.8) is 0 Å². The molecule has 0 radical (unpaired) electrons. The third kappa shape index (κ3) is 4.31. The van der Waals surface area contributed by atoms with E-state index in [0.29, 0.717) is 18.7 Å². The number of pyridine rings is 1. The summed E-state index contributed by atoms with van der Waals surface area (Å²) in [4.78, 5) is 18.7. The molecule has 3 rings (SSSR count). The molecule has 2 aromatic rings. The maximum Gasteiger partial charge on any atom is 0.269 e. The van der Waals surface area contributed by atoms with E-state index in [1.807, 2.05) is 6.07 Å². The first-order valence-corrected chi connectivity index (χ1v) is 8.46. The summed E-state index contributed by atoms with van der Waals surface area (Å²) in [6, 6.07) is 10.1. The standard InChI is InChI=1S/C19H22FN3O/c20-16-6-4-15(5-7-16)10-11-21-19(24)18-9-8-17(14-22-18)23-12-2-1-3-13-23/h4-9,14H,1-3,10-13H2,(H,21,24). The molecule has 2 heterocycles. The number of carbonyl (C=O) groups excluding carboxylic acids is 1. The second kappa shape index (κ2) is 7.90. The number of rotatable bonds is 5. The van der Waals surface area contributed by atoms with Gasteiger partial charge >= 0.3 is 0 Å². The van der Waals surface area contributed by atoms with Gasteiger partial charge in [-0.3, -0.25) is 4.79 Å². The number of amides is 1. The van der Waals surface area contributed by atoms with Gasteiger partial charge in [0.05, 0.1) is 11.9 Å². The molecule has 1 aliphatic heterocycles. The summed E-state index contributed by atoms with van der Waals surface area (Å²) in [6.07, 6.45) is 6.16. The molecule has 24 heavy (non-hydrogen) atoms. The molecule has 1 fully saturated rings. The zero-order chi connectivity index (χ0) is 16.8. The number of carbonyl (C=O) groups is 1. The molecular weight excluding hydrogens is 305 g/mol. The van der Waals surface area contributed by atoms with Gasteiger partial charge in [-0.2, -0.15) is 0 Å². The number of nitrogens with zero attached hydrogens (tertiary/aromatic N) is 2. The fourth-order valence-electron chi connectivity index (χ4n) is 2.92. The fourth-order valence-corrected chi connectivity index (χ4v) is 2.92. The highest BCUT2D eigenvalue weighted by Gasteiger charge is 2.12. The van der Waals surface area contributed by atoms with Crippen molar-refractivity contribution in [2.24, 2.45) is 0 Å². The summed E-state index contributed by atoms with van der Waals surface area (Å²) in [6.45, 7) is 2.62. The van der Waals surface area contributed by atoms with Gasteiger partial charge in [0.25, 0.3) is 5.91 Å². The molecule has 0 spiro atoms. The van der Waals surface area contributed by atoms with E-state index in [-0.39, 0.29) is 11.7 Å². The first kappa shape index (κ1) is 16.4. The van der Waals surface area contributed by atoms with Crippen LogP contribution in [0.15, 0.2) is 42.6 Å². The van der Waals surface area contributed by atoms with E-state index in [1.54, 1.807) is 24.4 Å². The number of hydrogen-bond donors (Lipinski definition) is 1. The van der Waals surface area contributed by atoms with E-state index in [4.69, 9.17) is 0 Å². The molecular formula is C19H22FN3O. The Bertz CT molecular complexity index is 664. The molecule has 0 atom stereocenters. The molecule has 4 nitrogen and oxygen atoms in total. The Morgan fingerprint density at radius 3 is 2.50 bits per heavy atom. The van der Waals surface area contributed by atoms with Crippen molar-refractivity contribution in [3.8, 4) is 0 Å². The first-order valence-electron chi connectivity index (χ1n) is 8.46. The van der Waals surface area contributed by atoms with Gasteiger partial charge in [-0.1, -0.05) is 12.1 Å². The number of aromatic nitrogens is 1. The van der Waals surface area contributed by atoms with Crippen LogP contribution in [-0.2, 0) is 6.42 Å². The van der Waals surface area contributed by atoms with Crippen LogP contribution < -0.4 is 10.2 Å². The summed E-state index contributed by atoms with van der Waals surface area (Å²) < 4.78 is 12.8. The van der Waals surface area contributed by atoms with Crippen LogP contribution in [0.1, 0.15) is 35.3 Å². The van der Waals surface area contributed by atoms with Crippen LogP contribution in [0.4, 0.5) is 10.1 Å². The number of anilines is 1. The Morgan fingerprint density at radius 1 is 1.08 bits per heavy atom. The topological polar surface area (TPSA) is 45.2 Å². The maximum atomic E-state index is 12.8. The number of nitrogens with one attached hydrogen (secondary N) is 1. The Balaban J connectivity index is 1.50. The molecule has 1 aromatic heterocycles. The van der Waals surface area contributed by atoms with Crippen LogP contribution in [0.3, 0.4) is 0 Å². The lowest BCUT2D eigenvalue weighted by atomic mass is 10.1. The van der Waals surface area contributed by atoms with E-state index >= 15 is 0 Å². The average molecular weight is 327 g/mol. The van der Waals surface area contributed by atoms with Gasteiger partial charge in [0.1, 0.15) is 11.5 Å². The molecule has 0 saturated carbocycles. The van der Waals surface area contributed by atoms with Gasteiger partial charge < -0.3 is 10.2 Å². The second-order valence-electron chi connectivity index (χ2n) is 6.08. The number of benzene rings is 1. The first-order chi connectivity index (χ1) is 11.7. The summed E-state index contributed by atoms with van der Waals surface area (Å²) in [7, 11) is 0. The van der Waals surface area contributed by atoms with Crippen LogP contribution in [0, 0.1) is 5.82 Å². The summed E-state index contributed by atoms with van der Waals surface area (Å²) >= 11 is 0. The van der Waals surface area contributed by atoms with Crippen LogP contribution >= 0.6 is 0 Å². The predicted octanol–water partition coefficient (Wildman–Crippen LogP) is 3.18. The molecule has 1 aromatic carbocycles. The van der Waals surface area contributed by atoms with Crippen LogP contribution in [0.2, 0.25) is 0 Å². The quantitative estimate of drug-likeness (QED) is 0.917. The average Bonchev–Trinajstić information content (AvgIpc) is 2.64. The van der Waals surface area contributed by atoms with Crippen molar-refractivity contribution in [2.75, 3.05) is 24.5 Å². The van der Waals surface area contributed by atoms with E-state index in [9.17, 15) is 9.18 Å². The minimum atomic E-state index is -0.249. The summed E-state index contributed by atoms with van der Waals surface area (Å²) in [5.74, 6) is -0.428. The van der Waals surface area contributed by atoms with Crippen molar-refractivity contribution in [1.82, 2.24) is 10.3 Å². The lowest BCUT2D eigenvalue weighted by Crippen LogP contribution is -2.30. The lowest BCUT2D eigenvalue weighted by molar-refractivity contribution is 0.0949. The second-order valence-corrected chi connectivity index (χ2v) is 6.08. The van der Waals surface area contributed by atoms with Crippen LogP contribution in [0.5, 0.6) is 0 Å². The third-order valence-corrected chi connectivity index (χ3v) is 4.31. The number of piperidine rings is 1. The minimum Gasteiger partial charge on any atom is -0.370 e. The Labute approximate surface area is 141 Å². The number of hydrogen-bond acceptors (Lipinski definition) is 3. The van der Waals surface area contributed by atoms with Crippen molar-refractivity contribution in [2.45, 2.75) is 25.7 Å². The smallest absolute Gasteiger partial charge is 0.269 e. The van der Waals surface area contributed by atoms with E-state index in [2.05, 4.69) is 15.2 Å². The molecule has 0 bridgehead atoms. The van der Waals surface area contributed by atoms with Gasteiger partial charge in [0, 0.05) is 19.6 Å². The predicted molar refractivity (Wildman–Crippen MR) is 92.7 cm³/mol. The van der Waals surface area contributed by atoms with Gasteiger partial charge in [0.2, 0.25) is 0 Å². The van der Waals surface area contributed by atoms with Crippen molar-refractivity contribution >= 4 is 11.6 Å². The zero-order valence-corrected chi connectivity index (χ0v) is 13.7. The highest BCUT2D eigenvalue weighted by molar-refractivity contribution is 5.92. The molecule has 1 aliphatic rings. The highest BCUT2D eigenvalue weighted by Crippen LogP contribution is 2.18. The largest absolute Gasteiger partial charge is 0.370 e. The van der Waals surface area contributed by atoms with Gasteiger partial charge in [-0.05, 0) is 55.5 Å². The normalized spacial score (nSPS) is 14.5. The van der Waals surface area contributed by atoms with Crippen LogP contribution in [0.25, 0.3) is 0 Å².